The summed E-state index contributed by atoms with van der Waals surface area (Å²) in [5, 5.41) is 16.6. The van der Waals surface area contributed by atoms with E-state index in [0.29, 0.717) is 12.2 Å². The first-order valence-electron chi connectivity index (χ1n) is 9.45. The molecule has 1 amide bonds. The van der Waals surface area contributed by atoms with Crippen LogP contribution in [0.4, 0.5) is 5.69 Å². The number of aryl methyl sites for hydroxylation is 1. The van der Waals surface area contributed by atoms with Gasteiger partial charge in [-0.1, -0.05) is 13.0 Å². The highest BCUT2D eigenvalue weighted by molar-refractivity contribution is 6.49. The first-order chi connectivity index (χ1) is 13.7. The Labute approximate surface area is 168 Å². The Morgan fingerprint density at radius 3 is 2.45 bits per heavy atom. The summed E-state index contributed by atoms with van der Waals surface area (Å²) in [6.07, 6.45) is 0.662. The molecule has 0 radical (unpaired) electrons. The minimum Gasteiger partial charge on any atom is -0.505 e. The van der Waals surface area contributed by atoms with Gasteiger partial charge in [-0.3, -0.25) is 19.7 Å². The SMILES string of the molecule is CC[C@@H](NC1C(=O)C(=O)C1Nc1cccc(C(=O)N(C)C)c1O)c1ccc(C)o1. The lowest BCUT2D eigenvalue weighted by molar-refractivity contribution is -0.145. The van der Waals surface area contributed by atoms with Gasteiger partial charge in [-0.05, 0) is 37.6 Å². The maximum atomic E-state index is 12.2. The number of nitrogens with one attached hydrogen (secondary N) is 2. The smallest absolute Gasteiger partial charge is 0.257 e. The van der Waals surface area contributed by atoms with Crippen molar-refractivity contribution in [3.63, 3.8) is 0 Å². The molecule has 1 saturated carbocycles. The molecular formula is C21H25N3O5. The lowest BCUT2D eigenvalue weighted by Crippen LogP contribution is -2.67. The highest BCUT2D eigenvalue weighted by Gasteiger charge is 2.50. The molecule has 0 saturated heterocycles. The molecule has 3 atom stereocenters. The van der Waals surface area contributed by atoms with Crippen LogP contribution in [0.1, 0.15) is 41.3 Å². The van der Waals surface area contributed by atoms with E-state index in [0.717, 1.165) is 5.76 Å². The Morgan fingerprint density at radius 2 is 1.86 bits per heavy atom. The van der Waals surface area contributed by atoms with Crippen molar-refractivity contribution in [3.05, 3.63) is 47.4 Å². The Morgan fingerprint density at radius 1 is 1.17 bits per heavy atom. The number of carbonyl (C=O) groups is 3. The van der Waals surface area contributed by atoms with Crippen molar-refractivity contribution in [1.29, 1.82) is 0 Å². The van der Waals surface area contributed by atoms with Gasteiger partial charge in [0.05, 0.1) is 17.3 Å². The van der Waals surface area contributed by atoms with Gasteiger partial charge in [0.15, 0.2) is 5.75 Å². The van der Waals surface area contributed by atoms with Crippen LogP contribution >= 0.6 is 0 Å². The van der Waals surface area contributed by atoms with E-state index in [-0.39, 0.29) is 28.9 Å². The number of ketones is 2. The van der Waals surface area contributed by atoms with Gasteiger partial charge in [0.1, 0.15) is 23.6 Å². The fourth-order valence-corrected chi connectivity index (χ4v) is 3.33. The van der Waals surface area contributed by atoms with Gasteiger partial charge in [0, 0.05) is 14.1 Å². The van der Waals surface area contributed by atoms with E-state index >= 15 is 0 Å². The van der Waals surface area contributed by atoms with Crippen molar-refractivity contribution in [1.82, 2.24) is 10.2 Å². The van der Waals surface area contributed by atoms with Crippen LogP contribution in [-0.2, 0) is 9.59 Å². The lowest BCUT2D eigenvalue weighted by Gasteiger charge is -2.37. The molecule has 8 heteroatoms. The fraction of sp³-hybridized carbons (Fsp3) is 0.381. The molecule has 2 unspecified atom stereocenters. The van der Waals surface area contributed by atoms with Gasteiger partial charge in [-0.2, -0.15) is 0 Å². The number of amides is 1. The number of aromatic hydroxyl groups is 1. The molecule has 29 heavy (non-hydrogen) atoms. The predicted molar refractivity (Wildman–Crippen MR) is 107 cm³/mol. The first-order valence-corrected chi connectivity index (χ1v) is 9.45. The molecule has 2 aromatic rings. The van der Waals surface area contributed by atoms with Crippen molar-refractivity contribution in [2.24, 2.45) is 0 Å². The van der Waals surface area contributed by atoms with Crippen molar-refractivity contribution in [3.8, 4) is 5.75 Å². The second-order valence-electron chi connectivity index (χ2n) is 7.31. The molecule has 0 bridgehead atoms. The summed E-state index contributed by atoms with van der Waals surface area (Å²) < 4.78 is 5.64. The second kappa shape index (κ2) is 8.08. The van der Waals surface area contributed by atoms with Crippen LogP contribution in [-0.4, -0.2) is 53.7 Å². The maximum absolute atomic E-state index is 12.2. The van der Waals surface area contributed by atoms with E-state index in [4.69, 9.17) is 4.42 Å². The number of para-hydroxylation sites is 1. The van der Waals surface area contributed by atoms with Gasteiger partial charge in [0.2, 0.25) is 11.6 Å². The fourth-order valence-electron chi connectivity index (χ4n) is 3.33. The third kappa shape index (κ3) is 3.88. The molecule has 1 fully saturated rings. The molecule has 1 aliphatic rings. The monoisotopic (exact) mass is 399 g/mol. The number of phenolic OH excluding ortho intramolecular Hbond substituents is 1. The molecule has 1 aromatic heterocycles. The van der Waals surface area contributed by atoms with Crippen molar-refractivity contribution in [2.45, 2.75) is 38.4 Å². The van der Waals surface area contributed by atoms with E-state index in [2.05, 4.69) is 10.6 Å². The molecule has 1 aliphatic carbocycles. The van der Waals surface area contributed by atoms with Gasteiger partial charge >= 0.3 is 0 Å². The van der Waals surface area contributed by atoms with Gasteiger partial charge in [-0.25, -0.2) is 0 Å². The number of nitrogens with zero attached hydrogens (tertiary/aromatic N) is 1. The normalized spacial score (nSPS) is 19.6. The van der Waals surface area contributed by atoms with E-state index in [1.807, 2.05) is 26.0 Å². The van der Waals surface area contributed by atoms with Gasteiger partial charge < -0.3 is 19.7 Å². The van der Waals surface area contributed by atoms with Crippen LogP contribution in [0.5, 0.6) is 5.75 Å². The number of phenols is 1. The summed E-state index contributed by atoms with van der Waals surface area (Å²) >= 11 is 0. The van der Waals surface area contributed by atoms with Crippen LogP contribution in [0.2, 0.25) is 0 Å². The van der Waals surface area contributed by atoms with Crippen molar-refractivity contribution >= 4 is 23.2 Å². The average molecular weight is 399 g/mol. The Balaban J connectivity index is 1.80. The molecule has 0 aliphatic heterocycles. The Bertz CT molecular complexity index is 950. The van der Waals surface area contributed by atoms with Crippen LogP contribution in [0.25, 0.3) is 0 Å². The number of hydrogen-bond acceptors (Lipinski definition) is 7. The standard InChI is InChI=1S/C21H25N3O5/c1-5-13(15-10-9-11(2)29-15)22-16-17(20(27)19(16)26)23-14-8-6-7-12(18(14)25)21(28)24(3)4/h6-10,13,16-17,22-23,25H,5H2,1-4H3/t13-,16?,17?/m1/s1. The molecule has 3 rings (SSSR count). The first kappa shape index (κ1) is 20.6. The third-order valence-electron chi connectivity index (χ3n) is 5.02. The van der Waals surface area contributed by atoms with E-state index in [1.54, 1.807) is 26.2 Å². The average Bonchev–Trinajstić information content (AvgIpc) is 3.13. The zero-order valence-electron chi connectivity index (χ0n) is 16.9. The minimum absolute atomic E-state index is 0.111. The number of carbonyl (C=O) groups excluding carboxylic acids is 3. The molecule has 3 N–H and O–H groups in total. The Kier molecular flexibility index (Phi) is 5.74. The summed E-state index contributed by atoms with van der Waals surface area (Å²) in [6, 6.07) is 6.51. The molecule has 1 heterocycles. The van der Waals surface area contributed by atoms with Crippen LogP contribution in [0, 0.1) is 6.92 Å². The molecular weight excluding hydrogens is 374 g/mol. The Hall–Kier alpha value is -3.13. The highest BCUT2D eigenvalue weighted by atomic mass is 16.3. The number of furan rings is 1. The lowest BCUT2D eigenvalue weighted by atomic mass is 9.82. The highest BCUT2D eigenvalue weighted by Crippen LogP contribution is 2.31. The number of rotatable bonds is 7. The van der Waals surface area contributed by atoms with Crippen LogP contribution in [0.3, 0.4) is 0 Å². The minimum atomic E-state index is -0.844. The topological polar surface area (TPSA) is 112 Å². The molecule has 0 spiro atoms. The maximum Gasteiger partial charge on any atom is 0.257 e. The summed E-state index contributed by atoms with van der Waals surface area (Å²) in [5.74, 6) is -0.265. The second-order valence-corrected chi connectivity index (χ2v) is 7.31. The van der Waals surface area contributed by atoms with Gasteiger partial charge in [-0.15, -0.1) is 0 Å². The van der Waals surface area contributed by atoms with Gasteiger partial charge in [0.25, 0.3) is 5.91 Å². The number of benzene rings is 1. The summed E-state index contributed by atoms with van der Waals surface area (Å²) in [7, 11) is 3.16. The van der Waals surface area contributed by atoms with E-state index in [1.165, 1.54) is 11.0 Å². The van der Waals surface area contributed by atoms with E-state index in [9.17, 15) is 19.5 Å². The summed E-state index contributed by atoms with van der Waals surface area (Å²) in [5.41, 5.74) is 0.331. The van der Waals surface area contributed by atoms with E-state index < -0.39 is 23.7 Å². The zero-order valence-corrected chi connectivity index (χ0v) is 16.9. The number of Topliss-reactive ketones (excluding diaryl/α,β-unsaturated/α-hetero) is 2. The molecule has 1 aromatic carbocycles. The van der Waals surface area contributed by atoms with Crippen LogP contribution < -0.4 is 10.6 Å². The number of anilines is 1. The van der Waals surface area contributed by atoms with Crippen molar-refractivity contribution < 1.29 is 23.9 Å². The summed E-state index contributed by atoms with van der Waals surface area (Å²) in [6.45, 7) is 3.79. The largest absolute Gasteiger partial charge is 0.505 e. The molecule has 8 nitrogen and oxygen atoms in total. The summed E-state index contributed by atoms with van der Waals surface area (Å²) in [4.78, 5) is 37.9. The zero-order chi connectivity index (χ0) is 21.3. The predicted octanol–water partition coefficient (Wildman–Crippen LogP) is 2.04. The van der Waals surface area contributed by atoms with Crippen molar-refractivity contribution in [2.75, 3.05) is 19.4 Å². The molecule has 154 valence electrons. The third-order valence-corrected chi connectivity index (χ3v) is 5.02. The quantitative estimate of drug-likeness (QED) is 0.482. The number of hydrogen-bond donors (Lipinski definition) is 3. The van der Waals surface area contributed by atoms with Crippen LogP contribution in [0.15, 0.2) is 34.7 Å².